The lowest BCUT2D eigenvalue weighted by molar-refractivity contribution is -0.127. The van der Waals surface area contributed by atoms with E-state index in [-0.39, 0.29) is 30.8 Å². The molecule has 156 valence electrons. The van der Waals surface area contributed by atoms with Crippen molar-refractivity contribution >= 4 is 17.7 Å². The van der Waals surface area contributed by atoms with Gasteiger partial charge in [0.05, 0.1) is 26.0 Å². The van der Waals surface area contributed by atoms with Crippen LogP contribution >= 0.6 is 0 Å². The van der Waals surface area contributed by atoms with Crippen LogP contribution in [-0.2, 0) is 16.1 Å². The minimum absolute atomic E-state index is 0.159. The van der Waals surface area contributed by atoms with Crippen molar-refractivity contribution < 1.29 is 23.5 Å². The van der Waals surface area contributed by atoms with Gasteiger partial charge in [-0.3, -0.25) is 14.4 Å². The smallest absolute Gasteiger partial charge is 0.251 e. The third-order valence-corrected chi connectivity index (χ3v) is 4.13. The summed E-state index contributed by atoms with van der Waals surface area (Å²) in [6.45, 7) is 6.10. The zero-order chi connectivity index (χ0) is 21.2. The summed E-state index contributed by atoms with van der Waals surface area (Å²) < 4.78 is 10.5. The molecular weight excluding hydrogens is 374 g/mol. The predicted octanol–water partition coefficient (Wildman–Crippen LogP) is 1.87. The molecule has 8 nitrogen and oxygen atoms in total. The minimum Gasteiger partial charge on any atom is -0.494 e. The highest BCUT2D eigenvalue weighted by molar-refractivity contribution is 5.98. The minimum atomic E-state index is -0.771. The van der Waals surface area contributed by atoms with E-state index in [1.165, 1.54) is 6.26 Å². The summed E-state index contributed by atoms with van der Waals surface area (Å²) in [5, 5.41) is 7.93. The first-order chi connectivity index (χ1) is 13.9. The van der Waals surface area contributed by atoms with Gasteiger partial charge in [0.2, 0.25) is 11.8 Å². The van der Waals surface area contributed by atoms with Gasteiger partial charge in [-0.1, -0.05) is 13.8 Å². The molecule has 1 heterocycles. The molecule has 1 aromatic heterocycles. The summed E-state index contributed by atoms with van der Waals surface area (Å²) in [6.07, 6.45) is 1.52. The van der Waals surface area contributed by atoms with E-state index in [0.29, 0.717) is 23.7 Å². The molecular formula is C21H27N3O5. The molecule has 3 N–H and O–H groups in total. The lowest BCUT2D eigenvalue weighted by Crippen LogP contribution is -2.51. The number of carbonyl (C=O) groups is 3. The lowest BCUT2D eigenvalue weighted by Gasteiger charge is -2.21. The number of benzene rings is 1. The number of hydrogen-bond acceptors (Lipinski definition) is 5. The maximum absolute atomic E-state index is 12.5. The van der Waals surface area contributed by atoms with Gasteiger partial charge in [0.1, 0.15) is 17.6 Å². The van der Waals surface area contributed by atoms with Crippen LogP contribution in [0, 0.1) is 5.92 Å². The Kier molecular flexibility index (Phi) is 8.27. The van der Waals surface area contributed by atoms with E-state index in [9.17, 15) is 14.4 Å². The molecule has 0 saturated heterocycles. The number of furan rings is 1. The molecule has 0 unspecified atom stereocenters. The van der Waals surface area contributed by atoms with Crippen molar-refractivity contribution in [3.63, 3.8) is 0 Å². The molecule has 0 aliphatic carbocycles. The molecule has 0 bridgehead atoms. The molecule has 0 aliphatic rings. The highest BCUT2D eigenvalue weighted by Gasteiger charge is 2.25. The van der Waals surface area contributed by atoms with Gasteiger partial charge in [-0.25, -0.2) is 0 Å². The van der Waals surface area contributed by atoms with Crippen LogP contribution in [0.25, 0.3) is 0 Å². The average Bonchev–Trinajstić information content (AvgIpc) is 3.22. The van der Waals surface area contributed by atoms with Crippen LogP contribution in [0.1, 0.15) is 36.9 Å². The highest BCUT2D eigenvalue weighted by atomic mass is 16.5. The fraction of sp³-hybridized carbons (Fsp3) is 0.381. The van der Waals surface area contributed by atoms with Crippen molar-refractivity contribution in [2.75, 3.05) is 13.2 Å². The van der Waals surface area contributed by atoms with E-state index in [4.69, 9.17) is 9.15 Å². The lowest BCUT2D eigenvalue weighted by atomic mass is 10.0. The second-order valence-corrected chi connectivity index (χ2v) is 6.73. The topological polar surface area (TPSA) is 110 Å². The van der Waals surface area contributed by atoms with Crippen LogP contribution < -0.4 is 20.7 Å². The van der Waals surface area contributed by atoms with Crippen molar-refractivity contribution in [1.82, 2.24) is 16.0 Å². The zero-order valence-corrected chi connectivity index (χ0v) is 16.9. The third-order valence-electron chi connectivity index (χ3n) is 4.13. The molecule has 8 heteroatoms. The fourth-order valence-corrected chi connectivity index (χ4v) is 2.57. The van der Waals surface area contributed by atoms with Crippen LogP contribution in [0.5, 0.6) is 5.75 Å². The first-order valence-corrected chi connectivity index (χ1v) is 9.51. The van der Waals surface area contributed by atoms with E-state index in [1.54, 1.807) is 36.4 Å². The van der Waals surface area contributed by atoms with E-state index < -0.39 is 11.9 Å². The Morgan fingerprint density at radius 2 is 1.79 bits per heavy atom. The molecule has 1 atom stereocenters. The molecule has 0 fully saturated rings. The Bertz CT molecular complexity index is 800. The Labute approximate surface area is 170 Å². The number of nitrogens with one attached hydrogen (secondary N) is 3. The van der Waals surface area contributed by atoms with Gasteiger partial charge in [-0.05, 0) is 49.2 Å². The second-order valence-electron chi connectivity index (χ2n) is 6.73. The number of ether oxygens (including phenoxy) is 1. The summed E-state index contributed by atoms with van der Waals surface area (Å²) in [5.41, 5.74) is 0.420. The van der Waals surface area contributed by atoms with Crippen molar-refractivity contribution in [1.29, 1.82) is 0 Å². The third kappa shape index (κ3) is 6.99. The summed E-state index contributed by atoms with van der Waals surface area (Å²) in [7, 11) is 0. The quantitative estimate of drug-likeness (QED) is 0.563. The molecule has 0 aliphatic heterocycles. The van der Waals surface area contributed by atoms with Crippen LogP contribution in [0.2, 0.25) is 0 Å². The average molecular weight is 401 g/mol. The van der Waals surface area contributed by atoms with E-state index >= 15 is 0 Å². The SMILES string of the molecule is CCOc1ccc(C(=O)N[C@H](C(=O)NCC(=O)NCc2ccco2)C(C)C)cc1. The molecule has 1 aromatic carbocycles. The van der Waals surface area contributed by atoms with Crippen molar-refractivity contribution in [3.8, 4) is 5.75 Å². The molecule has 2 rings (SSSR count). The second kappa shape index (κ2) is 10.9. The normalized spacial score (nSPS) is 11.6. The summed E-state index contributed by atoms with van der Waals surface area (Å²) in [4.78, 5) is 36.9. The number of amides is 3. The van der Waals surface area contributed by atoms with Crippen LogP contribution in [0.15, 0.2) is 47.1 Å². The Morgan fingerprint density at radius 1 is 1.07 bits per heavy atom. The standard InChI is InChI=1S/C21H27N3O5/c1-4-28-16-9-7-15(8-10-16)20(26)24-19(14(2)3)21(27)23-13-18(25)22-12-17-6-5-11-29-17/h5-11,14,19H,4,12-13H2,1-3H3,(H,22,25)(H,23,27)(H,24,26)/t19-/m0/s1. The van der Waals surface area contributed by atoms with Gasteiger partial charge >= 0.3 is 0 Å². The number of hydrogen-bond donors (Lipinski definition) is 3. The summed E-state index contributed by atoms with van der Waals surface area (Å²) >= 11 is 0. The van der Waals surface area contributed by atoms with Crippen LogP contribution in [-0.4, -0.2) is 36.9 Å². The summed E-state index contributed by atoms with van der Waals surface area (Å²) in [6, 6.07) is 9.37. The van der Waals surface area contributed by atoms with Crippen molar-refractivity contribution in [2.24, 2.45) is 5.92 Å². The van der Waals surface area contributed by atoms with Gasteiger partial charge in [-0.15, -0.1) is 0 Å². The Balaban J connectivity index is 1.86. The van der Waals surface area contributed by atoms with Crippen LogP contribution in [0.3, 0.4) is 0 Å². The summed E-state index contributed by atoms with van der Waals surface area (Å²) in [5.74, 6) is -0.0188. The highest BCUT2D eigenvalue weighted by Crippen LogP contribution is 2.13. The van der Waals surface area contributed by atoms with E-state index in [0.717, 1.165) is 0 Å². The maximum atomic E-state index is 12.5. The number of rotatable bonds is 10. The molecule has 0 saturated carbocycles. The first kappa shape index (κ1) is 22.0. The monoisotopic (exact) mass is 401 g/mol. The first-order valence-electron chi connectivity index (χ1n) is 9.51. The Morgan fingerprint density at radius 3 is 2.38 bits per heavy atom. The molecule has 0 spiro atoms. The molecule has 29 heavy (non-hydrogen) atoms. The van der Waals surface area contributed by atoms with Crippen molar-refractivity contribution in [3.05, 3.63) is 54.0 Å². The van der Waals surface area contributed by atoms with Gasteiger partial charge in [0, 0.05) is 5.56 Å². The van der Waals surface area contributed by atoms with E-state index in [2.05, 4.69) is 16.0 Å². The van der Waals surface area contributed by atoms with E-state index in [1.807, 2.05) is 20.8 Å². The fourth-order valence-electron chi connectivity index (χ4n) is 2.57. The zero-order valence-electron chi connectivity index (χ0n) is 16.9. The largest absolute Gasteiger partial charge is 0.494 e. The van der Waals surface area contributed by atoms with Crippen LogP contribution in [0.4, 0.5) is 0 Å². The van der Waals surface area contributed by atoms with Gasteiger partial charge in [0.15, 0.2) is 0 Å². The van der Waals surface area contributed by atoms with Gasteiger partial charge < -0.3 is 25.1 Å². The molecule has 2 aromatic rings. The van der Waals surface area contributed by atoms with Gasteiger partial charge in [0.25, 0.3) is 5.91 Å². The Hall–Kier alpha value is -3.29. The number of carbonyl (C=O) groups excluding carboxylic acids is 3. The predicted molar refractivity (Wildman–Crippen MR) is 107 cm³/mol. The van der Waals surface area contributed by atoms with Crippen molar-refractivity contribution in [2.45, 2.75) is 33.4 Å². The molecule has 3 amide bonds. The molecule has 0 radical (unpaired) electrons. The van der Waals surface area contributed by atoms with Gasteiger partial charge in [-0.2, -0.15) is 0 Å². The maximum Gasteiger partial charge on any atom is 0.251 e.